The van der Waals surface area contributed by atoms with E-state index in [9.17, 15) is 9.90 Å². The molecule has 0 amide bonds. The van der Waals surface area contributed by atoms with E-state index in [1.165, 1.54) is 12.1 Å². The van der Waals surface area contributed by atoms with Crippen LogP contribution in [0, 0.1) is 0 Å². The Bertz CT molecular complexity index is 998. The minimum Gasteiger partial charge on any atom is -0.487 e. The first kappa shape index (κ1) is 17.0. The molecular weight excluding hydrogens is 350 g/mol. The smallest absolute Gasteiger partial charge is 0.335 e. The second-order valence-corrected chi connectivity index (χ2v) is 6.81. The molecule has 8 nitrogen and oxygen atoms in total. The Morgan fingerprint density at radius 2 is 2.19 bits per heavy atom. The second-order valence-electron chi connectivity index (χ2n) is 6.81. The van der Waals surface area contributed by atoms with E-state index in [1.54, 1.807) is 18.3 Å². The fraction of sp³-hybridized carbons (Fsp3) is 0.263. The van der Waals surface area contributed by atoms with Crippen molar-refractivity contribution in [2.45, 2.75) is 32.5 Å². The van der Waals surface area contributed by atoms with Gasteiger partial charge in [0.05, 0.1) is 5.56 Å². The number of carboxylic acids is 1. The quantitative estimate of drug-likeness (QED) is 0.733. The lowest BCUT2D eigenvalue weighted by Gasteiger charge is -2.16. The number of fused-ring (bicyclic) bond motifs is 1. The van der Waals surface area contributed by atoms with E-state index in [4.69, 9.17) is 14.0 Å². The van der Waals surface area contributed by atoms with Crippen molar-refractivity contribution in [3.05, 3.63) is 53.5 Å². The van der Waals surface area contributed by atoms with Crippen LogP contribution in [0.25, 0.3) is 11.5 Å². The van der Waals surface area contributed by atoms with Crippen LogP contribution in [0.1, 0.15) is 35.7 Å². The number of hydrogen-bond donors (Lipinski definition) is 1. The highest BCUT2D eigenvalue weighted by atomic mass is 16.5. The average molecular weight is 367 g/mol. The van der Waals surface area contributed by atoms with Gasteiger partial charge in [0, 0.05) is 18.2 Å². The van der Waals surface area contributed by atoms with Crippen molar-refractivity contribution >= 4 is 5.97 Å². The van der Waals surface area contributed by atoms with E-state index in [0.717, 1.165) is 5.56 Å². The zero-order valence-electron chi connectivity index (χ0n) is 14.8. The highest BCUT2D eigenvalue weighted by Gasteiger charge is 2.33. The Balaban J connectivity index is 1.57. The van der Waals surface area contributed by atoms with Crippen molar-refractivity contribution in [2.75, 3.05) is 0 Å². The Kier molecular flexibility index (Phi) is 4.02. The van der Waals surface area contributed by atoms with Crippen molar-refractivity contribution in [2.24, 2.45) is 0 Å². The van der Waals surface area contributed by atoms with Gasteiger partial charge in [-0.1, -0.05) is 11.2 Å². The van der Waals surface area contributed by atoms with E-state index >= 15 is 0 Å². The van der Waals surface area contributed by atoms with Gasteiger partial charge >= 0.3 is 5.97 Å². The summed E-state index contributed by atoms with van der Waals surface area (Å²) in [6, 6.07) is 8.41. The third-order valence-corrected chi connectivity index (χ3v) is 4.12. The molecule has 0 radical (unpaired) electrons. The lowest BCUT2D eigenvalue weighted by molar-refractivity contribution is 0.0695. The fourth-order valence-corrected chi connectivity index (χ4v) is 2.95. The first-order valence-electron chi connectivity index (χ1n) is 8.37. The number of ether oxygens (including phenoxy) is 2. The predicted molar refractivity (Wildman–Crippen MR) is 93.7 cm³/mol. The van der Waals surface area contributed by atoms with Crippen molar-refractivity contribution in [3.8, 4) is 23.0 Å². The van der Waals surface area contributed by atoms with Crippen LogP contribution in [0.5, 0.6) is 11.5 Å². The van der Waals surface area contributed by atoms with Crippen molar-refractivity contribution < 1.29 is 23.9 Å². The van der Waals surface area contributed by atoms with Gasteiger partial charge in [-0.3, -0.25) is 4.98 Å². The van der Waals surface area contributed by atoms with Crippen LogP contribution >= 0.6 is 0 Å². The van der Waals surface area contributed by atoms with E-state index in [2.05, 4.69) is 15.1 Å². The molecule has 1 aliphatic rings. The summed E-state index contributed by atoms with van der Waals surface area (Å²) in [5.41, 5.74) is 1.10. The van der Waals surface area contributed by atoms with Gasteiger partial charge < -0.3 is 19.1 Å². The number of nitrogens with zero attached hydrogens (tertiary/aromatic N) is 3. The van der Waals surface area contributed by atoms with E-state index < -0.39 is 11.6 Å². The minimum absolute atomic E-state index is 0.00970. The van der Waals surface area contributed by atoms with Gasteiger partial charge in [-0.2, -0.15) is 4.98 Å². The van der Waals surface area contributed by atoms with Crippen LogP contribution in [0.2, 0.25) is 0 Å². The van der Waals surface area contributed by atoms with Crippen LogP contribution in [-0.2, 0) is 13.0 Å². The summed E-state index contributed by atoms with van der Waals surface area (Å²) >= 11 is 0. The summed E-state index contributed by atoms with van der Waals surface area (Å²) in [4.78, 5) is 19.8. The highest BCUT2D eigenvalue weighted by Crippen LogP contribution is 2.41. The average Bonchev–Trinajstić information content (AvgIpc) is 3.23. The highest BCUT2D eigenvalue weighted by molar-refractivity contribution is 5.89. The number of rotatable bonds is 5. The van der Waals surface area contributed by atoms with Gasteiger partial charge in [0.2, 0.25) is 5.82 Å². The van der Waals surface area contributed by atoms with Gasteiger partial charge in [0.15, 0.2) is 6.61 Å². The molecule has 0 saturated carbocycles. The predicted octanol–water partition coefficient (Wildman–Crippen LogP) is 3.12. The maximum atomic E-state index is 11.4. The first-order valence-corrected chi connectivity index (χ1v) is 8.37. The first-order chi connectivity index (χ1) is 12.9. The van der Waals surface area contributed by atoms with Crippen molar-refractivity contribution in [1.82, 2.24) is 15.1 Å². The van der Waals surface area contributed by atoms with Gasteiger partial charge in [-0.25, -0.2) is 4.79 Å². The molecule has 0 aliphatic carbocycles. The third kappa shape index (κ3) is 3.46. The van der Waals surface area contributed by atoms with E-state index in [-0.39, 0.29) is 18.1 Å². The Morgan fingerprint density at radius 3 is 2.93 bits per heavy atom. The number of hydrogen-bond acceptors (Lipinski definition) is 7. The molecule has 2 aromatic heterocycles. The maximum absolute atomic E-state index is 11.4. The maximum Gasteiger partial charge on any atom is 0.335 e. The molecular formula is C19H17N3O5. The summed E-state index contributed by atoms with van der Waals surface area (Å²) in [7, 11) is 0. The van der Waals surface area contributed by atoms with Crippen LogP contribution in [0.4, 0.5) is 0 Å². The number of aromatic carboxylic acids is 1. The van der Waals surface area contributed by atoms with Crippen LogP contribution in [0.15, 0.2) is 41.1 Å². The minimum atomic E-state index is -1.05. The topological polar surface area (TPSA) is 108 Å². The van der Waals surface area contributed by atoms with Gasteiger partial charge in [0.1, 0.15) is 22.8 Å². The normalized spacial score (nSPS) is 14.4. The molecule has 1 aromatic carbocycles. The van der Waals surface area contributed by atoms with Crippen molar-refractivity contribution in [3.63, 3.8) is 0 Å². The summed E-state index contributed by atoms with van der Waals surface area (Å²) in [5, 5.41) is 13.2. The number of pyridine rings is 1. The summed E-state index contributed by atoms with van der Waals surface area (Å²) in [6.07, 6.45) is 2.25. The van der Waals surface area contributed by atoms with Gasteiger partial charge in [-0.05, 0) is 38.1 Å². The van der Waals surface area contributed by atoms with Crippen LogP contribution in [-0.4, -0.2) is 31.8 Å². The fourth-order valence-electron chi connectivity index (χ4n) is 2.95. The molecule has 0 unspecified atom stereocenters. The summed E-state index contributed by atoms with van der Waals surface area (Å²) in [5.74, 6) is 0.542. The molecule has 0 saturated heterocycles. The summed E-state index contributed by atoms with van der Waals surface area (Å²) < 4.78 is 16.9. The van der Waals surface area contributed by atoms with Crippen molar-refractivity contribution in [1.29, 1.82) is 0 Å². The molecule has 1 N–H and O–H groups in total. The molecule has 0 spiro atoms. The number of carbonyl (C=O) groups is 1. The molecule has 4 rings (SSSR count). The molecule has 1 aliphatic heterocycles. The molecule has 0 fully saturated rings. The Morgan fingerprint density at radius 1 is 1.33 bits per heavy atom. The zero-order valence-corrected chi connectivity index (χ0v) is 14.8. The van der Waals surface area contributed by atoms with Gasteiger partial charge in [0.25, 0.3) is 5.89 Å². The molecule has 3 aromatic rings. The largest absolute Gasteiger partial charge is 0.487 e. The molecule has 138 valence electrons. The molecule has 0 bridgehead atoms. The Labute approximate surface area is 154 Å². The van der Waals surface area contributed by atoms with Crippen LogP contribution in [0.3, 0.4) is 0 Å². The van der Waals surface area contributed by atoms with E-state index in [0.29, 0.717) is 29.4 Å². The van der Waals surface area contributed by atoms with Crippen LogP contribution < -0.4 is 9.47 Å². The van der Waals surface area contributed by atoms with Gasteiger partial charge in [-0.15, -0.1) is 0 Å². The summed E-state index contributed by atoms with van der Waals surface area (Å²) in [6.45, 7) is 3.89. The second kappa shape index (κ2) is 6.39. The molecule has 0 atom stereocenters. The zero-order chi connectivity index (χ0) is 19.0. The molecule has 3 heterocycles. The number of benzene rings is 1. The monoisotopic (exact) mass is 367 g/mol. The molecule has 27 heavy (non-hydrogen) atoms. The lowest BCUT2D eigenvalue weighted by atomic mass is 10.00. The molecule has 8 heteroatoms. The number of aromatic nitrogens is 3. The Hall–Kier alpha value is -3.42. The lowest BCUT2D eigenvalue weighted by Crippen LogP contribution is -2.24. The SMILES string of the molecule is CC1(C)Cc2c(OCc3nc(-c4ccccn4)no3)cc(C(=O)O)cc2O1. The third-order valence-electron chi connectivity index (χ3n) is 4.12. The van der Waals surface area contributed by atoms with E-state index in [1.807, 2.05) is 19.9 Å². The number of carboxylic acid groups (broad SMARTS) is 1. The standard InChI is InChI=1S/C19H17N3O5/c1-19(2)9-12-14(7-11(18(23)24)8-15(12)26-19)25-10-16-21-17(22-27-16)13-5-3-4-6-20-13/h3-8H,9-10H2,1-2H3,(H,23,24).